The predicted octanol–water partition coefficient (Wildman–Crippen LogP) is 1.44. The largest absolute Gasteiger partial charge is 0.338 e. The van der Waals surface area contributed by atoms with E-state index in [2.05, 4.69) is 10.1 Å². The average Bonchev–Trinajstić information content (AvgIpc) is 2.76. The van der Waals surface area contributed by atoms with Crippen LogP contribution in [0.15, 0.2) is 28.8 Å². The first kappa shape index (κ1) is 13.7. The highest BCUT2D eigenvalue weighted by molar-refractivity contribution is 7.88. The molecule has 1 heterocycles. The molecule has 0 amide bonds. The van der Waals surface area contributed by atoms with Crippen LogP contribution in [0.3, 0.4) is 0 Å². The maximum absolute atomic E-state index is 11.3. The van der Waals surface area contributed by atoms with Crippen LogP contribution < -0.4 is 0 Å². The Bertz CT molecular complexity index is 679. The Morgan fingerprint density at radius 3 is 2.74 bits per heavy atom. The summed E-state index contributed by atoms with van der Waals surface area (Å²) in [7, 11) is -1.79. The standard InChI is InChI=1S/C12H15N3O3S/c1-9-5-4-6-10(7-9)12-13-11(18-14-12)8-15(2)19(3,16)17/h4-7H,8H2,1-3H3. The van der Waals surface area contributed by atoms with Crippen LogP contribution in [-0.2, 0) is 16.6 Å². The van der Waals surface area contributed by atoms with Gasteiger partial charge >= 0.3 is 0 Å². The second kappa shape index (κ2) is 5.10. The first-order valence-corrected chi connectivity index (χ1v) is 7.52. The number of rotatable bonds is 4. The minimum atomic E-state index is -3.26. The average molecular weight is 281 g/mol. The number of nitrogens with zero attached hydrogens (tertiary/aromatic N) is 3. The number of benzene rings is 1. The minimum Gasteiger partial charge on any atom is -0.338 e. The van der Waals surface area contributed by atoms with Crippen LogP contribution in [0.2, 0.25) is 0 Å². The summed E-state index contributed by atoms with van der Waals surface area (Å²) in [6.07, 6.45) is 1.13. The zero-order valence-electron chi connectivity index (χ0n) is 11.0. The summed E-state index contributed by atoms with van der Waals surface area (Å²) >= 11 is 0. The van der Waals surface area contributed by atoms with E-state index in [-0.39, 0.29) is 12.4 Å². The Morgan fingerprint density at radius 2 is 2.11 bits per heavy atom. The lowest BCUT2D eigenvalue weighted by Crippen LogP contribution is -2.25. The van der Waals surface area contributed by atoms with Gasteiger partial charge in [-0.25, -0.2) is 8.42 Å². The SMILES string of the molecule is Cc1cccc(-c2noc(CN(C)S(C)(=O)=O)n2)c1. The van der Waals surface area contributed by atoms with Crippen molar-refractivity contribution in [3.8, 4) is 11.4 Å². The Hall–Kier alpha value is -1.73. The van der Waals surface area contributed by atoms with Crippen LogP contribution >= 0.6 is 0 Å². The van der Waals surface area contributed by atoms with Crippen LogP contribution in [-0.4, -0.2) is 36.2 Å². The van der Waals surface area contributed by atoms with E-state index >= 15 is 0 Å². The fraction of sp³-hybridized carbons (Fsp3) is 0.333. The molecular weight excluding hydrogens is 266 g/mol. The first-order chi connectivity index (χ1) is 8.86. The summed E-state index contributed by atoms with van der Waals surface area (Å²) in [6.45, 7) is 2.04. The van der Waals surface area contributed by atoms with E-state index in [4.69, 9.17) is 4.52 Å². The van der Waals surface area contributed by atoms with Crippen molar-refractivity contribution in [3.05, 3.63) is 35.7 Å². The zero-order chi connectivity index (χ0) is 14.0. The van der Waals surface area contributed by atoms with E-state index < -0.39 is 10.0 Å². The molecule has 1 aromatic carbocycles. The Balaban J connectivity index is 2.20. The Morgan fingerprint density at radius 1 is 1.37 bits per heavy atom. The van der Waals surface area contributed by atoms with E-state index in [9.17, 15) is 8.42 Å². The molecule has 0 spiro atoms. The molecule has 0 bridgehead atoms. The maximum atomic E-state index is 11.3. The summed E-state index contributed by atoms with van der Waals surface area (Å²) in [5.41, 5.74) is 1.94. The molecule has 0 N–H and O–H groups in total. The Labute approximate surface area is 112 Å². The number of aromatic nitrogens is 2. The molecule has 0 aliphatic heterocycles. The van der Waals surface area contributed by atoms with Gasteiger partial charge in [0.2, 0.25) is 21.7 Å². The van der Waals surface area contributed by atoms with Gasteiger partial charge in [-0.2, -0.15) is 9.29 Å². The molecule has 0 atom stereocenters. The summed E-state index contributed by atoms with van der Waals surface area (Å²) in [5, 5.41) is 3.86. The minimum absolute atomic E-state index is 0.0671. The molecule has 102 valence electrons. The second-order valence-electron chi connectivity index (χ2n) is 4.40. The van der Waals surface area contributed by atoms with Gasteiger partial charge in [-0.3, -0.25) is 0 Å². The normalized spacial score (nSPS) is 12.0. The highest BCUT2D eigenvalue weighted by Gasteiger charge is 2.16. The van der Waals surface area contributed by atoms with E-state index in [0.717, 1.165) is 21.7 Å². The lowest BCUT2D eigenvalue weighted by atomic mass is 10.1. The number of sulfonamides is 1. The van der Waals surface area contributed by atoms with Gasteiger partial charge in [0.15, 0.2) is 0 Å². The van der Waals surface area contributed by atoms with E-state index in [0.29, 0.717) is 5.82 Å². The van der Waals surface area contributed by atoms with Crippen molar-refractivity contribution < 1.29 is 12.9 Å². The summed E-state index contributed by atoms with van der Waals surface area (Å²) in [4.78, 5) is 4.19. The van der Waals surface area contributed by atoms with Gasteiger partial charge < -0.3 is 4.52 Å². The van der Waals surface area contributed by atoms with Crippen molar-refractivity contribution in [2.24, 2.45) is 0 Å². The second-order valence-corrected chi connectivity index (χ2v) is 6.49. The Kier molecular flexibility index (Phi) is 3.68. The summed E-state index contributed by atoms with van der Waals surface area (Å²) in [6, 6.07) is 7.70. The maximum Gasteiger partial charge on any atom is 0.242 e. The highest BCUT2D eigenvalue weighted by Crippen LogP contribution is 2.17. The number of aryl methyl sites for hydroxylation is 1. The van der Waals surface area contributed by atoms with Crippen molar-refractivity contribution in [1.82, 2.24) is 14.4 Å². The van der Waals surface area contributed by atoms with Crippen molar-refractivity contribution in [2.75, 3.05) is 13.3 Å². The molecule has 0 unspecified atom stereocenters. The molecule has 0 radical (unpaired) electrons. The third-order valence-corrected chi connectivity index (χ3v) is 3.93. The number of hydrogen-bond acceptors (Lipinski definition) is 5. The lowest BCUT2D eigenvalue weighted by molar-refractivity contribution is 0.337. The van der Waals surface area contributed by atoms with Crippen molar-refractivity contribution in [2.45, 2.75) is 13.5 Å². The van der Waals surface area contributed by atoms with Crippen LogP contribution in [0.1, 0.15) is 11.5 Å². The number of hydrogen-bond donors (Lipinski definition) is 0. The third kappa shape index (κ3) is 3.39. The van der Waals surface area contributed by atoms with Gasteiger partial charge in [-0.05, 0) is 13.0 Å². The predicted molar refractivity (Wildman–Crippen MR) is 70.8 cm³/mol. The van der Waals surface area contributed by atoms with Crippen LogP contribution in [0.4, 0.5) is 0 Å². The molecule has 0 aliphatic carbocycles. The molecule has 6 nitrogen and oxygen atoms in total. The van der Waals surface area contributed by atoms with Gasteiger partial charge in [0.25, 0.3) is 0 Å². The fourth-order valence-electron chi connectivity index (χ4n) is 1.53. The highest BCUT2D eigenvalue weighted by atomic mass is 32.2. The van der Waals surface area contributed by atoms with Crippen LogP contribution in [0.25, 0.3) is 11.4 Å². The van der Waals surface area contributed by atoms with E-state index in [1.165, 1.54) is 7.05 Å². The molecule has 7 heteroatoms. The topological polar surface area (TPSA) is 76.3 Å². The van der Waals surface area contributed by atoms with Crippen molar-refractivity contribution >= 4 is 10.0 Å². The molecule has 2 aromatic rings. The molecule has 0 saturated carbocycles. The van der Waals surface area contributed by atoms with Gasteiger partial charge in [0.05, 0.1) is 12.8 Å². The quantitative estimate of drug-likeness (QED) is 0.847. The molecule has 0 aliphatic rings. The smallest absolute Gasteiger partial charge is 0.242 e. The molecule has 0 fully saturated rings. The third-order valence-electron chi connectivity index (χ3n) is 2.67. The van der Waals surface area contributed by atoms with Crippen molar-refractivity contribution in [1.29, 1.82) is 0 Å². The fourth-order valence-corrected chi connectivity index (χ4v) is 1.87. The first-order valence-electron chi connectivity index (χ1n) is 5.67. The zero-order valence-corrected chi connectivity index (χ0v) is 11.8. The molecule has 2 rings (SSSR count). The molecule has 0 saturated heterocycles. The van der Waals surface area contributed by atoms with Crippen LogP contribution in [0.5, 0.6) is 0 Å². The van der Waals surface area contributed by atoms with E-state index in [1.54, 1.807) is 0 Å². The van der Waals surface area contributed by atoms with Crippen LogP contribution in [0, 0.1) is 6.92 Å². The van der Waals surface area contributed by atoms with Gasteiger partial charge in [-0.15, -0.1) is 0 Å². The molecular formula is C12H15N3O3S. The van der Waals surface area contributed by atoms with Gasteiger partial charge in [-0.1, -0.05) is 28.9 Å². The van der Waals surface area contributed by atoms with E-state index in [1.807, 2.05) is 31.2 Å². The van der Waals surface area contributed by atoms with Gasteiger partial charge in [0, 0.05) is 12.6 Å². The van der Waals surface area contributed by atoms with Crippen molar-refractivity contribution in [3.63, 3.8) is 0 Å². The molecule has 1 aromatic heterocycles. The summed E-state index contributed by atoms with van der Waals surface area (Å²) in [5.74, 6) is 0.727. The lowest BCUT2D eigenvalue weighted by Gasteiger charge is -2.09. The summed E-state index contributed by atoms with van der Waals surface area (Å²) < 4.78 is 28.8. The monoisotopic (exact) mass is 281 g/mol. The molecule has 19 heavy (non-hydrogen) atoms. The van der Waals surface area contributed by atoms with Gasteiger partial charge in [0.1, 0.15) is 0 Å².